The molecule has 0 bridgehead atoms. The molecule has 0 saturated carbocycles. The summed E-state index contributed by atoms with van der Waals surface area (Å²) < 4.78 is 24.3. The van der Waals surface area contributed by atoms with Gasteiger partial charge in [0.15, 0.2) is 17.1 Å². The number of aromatic hydroxyl groups is 1. The molecule has 0 aliphatic carbocycles. The van der Waals surface area contributed by atoms with Crippen molar-refractivity contribution in [2.24, 2.45) is 0 Å². The Hall–Kier alpha value is -2.31. The molecule has 0 aromatic heterocycles. The molecule has 0 atom stereocenters. The Balaban J connectivity index is 3.42. The molecular formula is C30H52O7. The number of carboxylic acid groups (broad SMARTS) is 1. The zero-order chi connectivity index (χ0) is 27.3. The standard InChI is InChI=1S/C30H52O7/c1-5-9-13-17-21-34-26-24(30(32)33)25(31)27(35-20-16-12-8-4)29(37-23-19-15-11-7-3)28(26)36-22-18-14-10-6-2/h31H,5-23H2,1-4H3,(H,32,33). The van der Waals surface area contributed by atoms with E-state index in [4.69, 9.17) is 18.9 Å². The Morgan fingerprint density at radius 1 is 0.514 bits per heavy atom. The van der Waals surface area contributed by atoms with Gasteiger partial charge in [-0.05, 0) is 25.7 Å². The first-order valence-electron chi connectivity index (χ1n) is 14.7. The minimum atomic E-state index is -1.29. The van der Waals surface area contributed by atoms with Gasteiger partial charge in [0, 0.05) is 0 Å². The third kappa shape index (κ3) is 12.2. The lowest BCUT2D eigenvalue weighted by Crippen LogP contribution is -2.13. The average molecular weight is 525 g/mol. The van der Waals surface area contributed by atoms with Crippen molar-refractivity contribution >= 4 is 5.97 Å². The number of benzene rings is 1. The summed E-state index contributed by atoms with van der Waals surface area (Å²) in [5.74, 6) is -1.22. The van der Waals surface area contributed by atoms with Crippen molar-refractivity contribution in [3.63, 3.8) is 0 Å². The van der Waals surface area contributed by atoms with Gasteiger partial charge in [-0.2, -0.15) is 0 Å². The molecule has 0 aliphatic rings. The first-order chi connectivity index (χ1) is 18.0. The van der Waals surface area contributed by atoms with Crippen molar-refractivity contribution in [2.45, 2.75) is 124 Å². The van der Waals surface area contributed by atoms with E-state index in [2.05, 4.69) is 27.7 Å². The molecule has 0 fully saturated rings. The van der Waals surface area contributed by atoms with Gasteiger partial charge in [-0.1, -0.05) is 98.3 Å². The second-order valence-electron chi connectivity index (χ2n) is 9.63. The van der Waals surface area contributed by atoms with E-state index in [1.807, 2.05) is 0 Å². The molecule has 0 unspecified atom stereocenters. The first-order valence-corrected chi connectivity index (χ1v) is 14.7. The van der Waals surface area contributed by atoms with Gasteiger partial charge in [0.2, 0.25) is 17.2 Å². The lowest BCUT2D eigenvalue weighted by atomic mass is 10.1. The quantitative estimate of drug-likeness (QED) is 0.131. The van der Waals surface area contributed by atoms with Crippen LogP contribution in [-0.2, 0) is 0 Å². The van der Waals surface area contributed by atoms with Crippen molar-refractivity contribution in [2.75, 3.05) is 26.4 Å². The molecule has 214 valence electrons. The Morgan fingerprint density at radius 2 is 0.838 bits per heavy atom. The highest BCUT2D eigenvalue weighted by atomic mass is 16.6. The van der Waals surface area contributed by atoms with Crippen LogP contribution in [0.15, 0.2) is 0 Å². The highest BCUT2D eigenvalue weighted by molar-refractivity contribution is 5.97. The van der Waals surface area contributed by atoms with E-state index in [-0.39, 0.29) is 28.6 Å². The first kappa shape index (κ1) is 32.7. The zero-order valence-corrected chi connectivity index (χ0v) is 23.9. The van der Waals surface area contributed by atoms with Gasteiger partial charge in [-0.15, -0.1) is 0 Å². The second-order valence-corrected chi connectivity index (χ2v) is 9.63. The second kappa shape index (κ2) is 20.7. The highest BCUT2D eigenvalue weighted by Crippen LogP contribution is 2.53. The van der Waals surface area contributed by atoms with Gasteiger partial charge < -0.3 is 29.2 Å². The SMILES string of the molecule is CCCCCCOc1c(OCCCCC)c(O)c(C(=O)O)c(OCCCCCC)c1OCCCCCC. The van der Waals surface area contributed by atoms with Crippen molar-refractivity contribution < 1.29 is 34.0 Å². The van der Waals surface area contributed by atoms with E-state index in [0.717, 1.165) is 96.3 Å². The van der Waals surface area contributed by atoms with Crippen LogP contribution in [0, 0.1) is 0 Å². The number of ether oxygens (including phenoxy) is 4. The number of hydrogen-bond donors (Lipinski definition) is 2. The summed E-state index contributed by atoms with van der Waals surface area (Å²) in [6.45, 7) is 10.0. The molecule has 0 aliphatic heterocycles. The van der Waals surface area contributed by atoms with E-state index >= 15 is 0 Å². The molecule has 37 heavy (non-hydrogen) atoms. The Bertz CT molecular complexity index is 748. The smallest absolute Gasteiger partial charge is 0.343 e. The van der Waals surface area contributed by atoms with Gasteiger partial charge in [0.25, 0.3) is 0 Å². The Morgan fingerprint density at radius 3 is 1.24 bits per heavy atom. The fraction of sp³-hybridized carbons (Fsp3) is 0.767. The fourth-order valence-corrected chi connectivity index (χ4v) is 4.02. The van der Waals surface area contributed by atoms with E-state index in [1.54, 1.807) is 0 Å². The Labute approximate surface area is 224 Å². The summed E-state index contributed by atoms with van der Waals surface area (Å²) >= 11 is 0. The van der Waals surface area contributed by atoms with E-state index < -0.39 is 11.7 Å². The van der Waals surface area contributed by atoms with Crippen molar-refractivity contribution in [1.29, 1.82) is 0 Å². The van der Waals surface area contributed by atoms with Gasteiger partial charge >= 0.3 is 5.97 Å². The maximum absolute atomic E-state index is 12.3. The number of aromatic carboxylic acids is 1. The molecule has 7 heteroatoms. The Kier molecular flexibility index (Phi) is 18.3. The van der Waals surface area contributed by atoms with Crippen molar-refractivity contribution in [1.82, 2.24) is 0 Å². The van der Waals surface area contributed by atoms with Crippen molar-refractivity contribution in [3.05, 3.63) is 5.56 Å². The summed E-state index contributed by atoms with van der Waals surface area (Å²) in [6, 6.07) is 0. The largest absolute Gasteiger partial charge is 0.503 e. The molecule has 0 saturated heterocycles. The van der Waals surface area contributed by atoms with E-state index in [1.165, 1.54) is 0 Å². The van der Waals surface area contributed by atoms with Crippen LogP contribution in [0.1, 0.15) is 134 Å². The summed E-state index contributed by atoms with van der Waals surface area (Å²) in [6.07, 6.45) is 14.9. The van der Waals surface area contributed by atoms with Crippen LogP contribution >= 0.6 is 0 Å². The summed E-state index contributed by atoms with van der Waals surface area (Å²) in [5.41, 5.74) is -0.331. The number of rotatable bonds is 24. The van der Waals surface area contributed by atoms with Gasteiger partial charge in [-0.25, -0.2) is 4.79 Å². The van der Waals surface area contributed by atoms with Crippen LogP contribution in [0.5, 0.6) is 28.7 Å². The summed E-state index contributed by atoms with van der Waals surface area (Å²) in [4.78, 5) is 12.3. The maximum atomic E-state index is 12.3. The molecule has 7 nitrogen and oxygen atoms in total. The molecule has 1 aromatic rings. The monoisotopic (exact) mass is 524 g/mol. The molecule has 2 N–H and O–H groups in total. The molecule has 0 radical (unpaired) electrons. The molecular weight excluding hydrogens is 472 g/mol. The number of unbranched alkanes of at least 4 members (excludes halogenated alkanes) is 11. The van der Waals surface area contributed by atoms with Crippen LogP contribution in [0.3, 0.4) is 0 Å². The fourth-order valence-electron chi connectivity index (χ4n) is 4.02. The average Bonchev–Trinajstić information content (AvgIpc) is 2.88. The number of phenols is 1. The van der Waals surface area contributed by atoms with Gasteiger partial charge in [0.05, 0.1) is 26.4 Å². The van der Waals surface area contributed by atoms with Crippen LogP contribution in [0.2, 0.25) is 0 Å². The predicted molar refractivity (Wildman–Crippen MR) is 149 cm³/mol. The van der Waals surface area contributed by atoms with E-state index in [9.17, 15) is 15.0 Å². The highest BCUT2D eigenvalue weighted by Gasteiger charge is 2.32. The van der Waals surface area contributed by atoms with Crippen LogP contribution in [-0.4, -0.2) is 42.6 Å². The zero-order valence-electron chi connectivity index (χ0n) is 23.9. The third-order valence-corrected chi connectivity index (χ3v) is 6.24. The normalized spacial score (nSPS) is 10.9. The van der Waals surface area contributed by atoms with Crippen LogP contribution in [0.25, 0.3) is 0 Å². The lowest BCUT2D eigenvalue weighted by Gasteiger charge is -2.23. The predicted octanol–water partition coefficient (Wildman–Crippen LogP) is 8.54. The maximum Gasteiger partial charge on any atom is 0.343 e. The summed E-state index contributed by atoms with van der Waals surface area (Å²) in [5, 5.41) is 21.2. The van der Waals surface area contributed by atoms with Crippen LogP contribution < -0.4 is 18.9 Å². The molecule has 0 heterocycles. The molecule has 0 amide bonds. The topological polar surface area (TPSA) is 94.5 Å². The van der Waals surface area contributed by atoms with Gasteiger partial charge in [0.1, 0.15) is 0 Å². The summed E-state index contributed by atoms with van der Waals surface area (Å²) in [7, 11) is 0. The number of carbonyl (C=O) groups is 1. The van der Waals surface area contributed by atoms with Crippen molar-refractivity contribution in [3.8, 4) is 28.7 Å². The molecule has 1 rings (SSSR count). The lowest BCUT2D eigenvalue weighted by molar-refractivity contribution is 0.0685. The number of hydrogen-bond acceptors (Lipinski definition) is 6. The minimum Gasteiger partial charge on any atom is -0.503 e. The number of carboxylic acids is 1. The molecule has 0 spiro atoms. The minimum absolute atomic E-state index is 0.0291. The van der Waals surface area contributed by atoms with Crippen LogP contribution in [0.4, 0.5) is 0 Å². The van der Waals surface area contributed by atoms with Gasteiger partial charge in [-0.3, -0.25) is 0 Å². The van der Waals surface area contributed by atoms with E-state index in [0.29, 0.717) is 26.4 Å². The molecule has 1 aromatic carbocycles. The third-order valence-electron chi connectivity index (χ3n) is 6.24.